The highest BCUT2D eigenvalue weighted by molar-refractivity contribution is 9.10. The van der Waals surface area contributed by atoms with Crippen molar-refractivity contribution in [3.8, 4) is 17.0 Å². The van der Waals surface area contributed by atoms with E-state index in [0.29, 0.717) is 4.88 Å². The first kappa shape index (κ1) is 18.7. The van der Waals surface area contributed by atoms with Crippen LogP contribution in [-0.4, -0.2) is 22.4 Å². The van der Waals surface area contributed by atoms with Crippen LogP contribution in [0.3, 0.4) is 0 Å². The van der Waals surface area contributed by atoms with Crippen LogP contribution in [-0.2, 0) is 0 Å². The summed E-state index contributed by atoms with van der Waals surface area (Å²) in [6.45, 7) is 3.90. The van der Waals surface area contributed by atoms with Crippen molar-refractivity contribution in [2.24, 2.45) is 0 Å². The van der Waals surface area contributed by atoms with E-state index in [0.717, 1.165) is 43.4 Å². The molecule has 0 unspecified atom stereocenters. The molecular weight excluding hydrogens is 438 g/mol. The van der Waals surface area contributed by atoms with Gasteiger partial charge in [-0.2, -0.15) is 0 Å². The number of benzene rings is 2. The number of amides is 1. The van der Waals surface area contributed by atoms with Crippen LogP contribution >= 0.6 is 27.3 Å². The number of rotatable bonds is 4. The second-order valence-electron chi connectivity index (χ2n) is 6.44. The number of ether oxygens (including phenoxy) is 1. The molecule has 2 aromatic heterocycles. The van der Waals surface area contributed by atoms with Gasteiger partial charge >= 0.3 is 0 Å². The van der Waals surface area contributed by atoms with Gasteiger partial charge in [0.2, 0.25) is 0 Å². The maximum atomic E-state index is 12.8. The van der Waals surface area contributed by atoms with Crippen LogP contribution in [0, 0.1) is 13.8 Å². The van der Waals surface area contributed by atoms with Crippen LogP contribution in [0.2, 0.25) is 0 Å². The molecule has 0 radical (unpaired) electrons. The lowest BCUT2D eigenvalue weighted by atomic mass is 10.2. The molecule has 2 aromatic carbocycles. The fourth-order valence-electron chi connectivity index (χ4n) is 3.01. The number of carbonyl (C=O) groups is 1. The molecule has 7 heteroatoms. The lowest BCUT2D eigenvalue weighted by Crippen LogP contribution is -2.12. The van der Waals surface area contributed by atoms with Crippen LogP contribution in [0.5, 0.6) is 5.75 Å². The minimum absolute atomic E-state index is 0.121. The molecule has 2 heterocycles. The molecule has 0 atom stereocenters. The van der Waals surface area contributed by atoms with Crippen molar-refractivity contribution in [1.82, 2.24) is 9.38 Å². The average Bonchev–Trinajstić information content (AvgIpc) is 3.24. The van der Waals surface area contributed by atoms with Crippen molar-refractivity contribution in [1.29, 1.82) is 0 Å². The van der Waals surface area contributed by atoms with Crippen LogP contribution in [0.15, 0.2) is 53.1 Å². The van der Waals surface area contributed by atoms with Gasteiger partial charge in [0, 0.05) is 27.6 Å². The van der Waals surface area contributed by atoms with Crippen molar-refractivity contribution in [2.45, 2.75) is 13.8 Å². The fraction of sp³-hybridized carbons (Fsp3) is 0.143. The summed E-state index contributed by atoms with van der Waals surface area (Å²) in [5, 5.41) is 3.00. The Balaban J connectivity index is 1.62. The van der Waals surface area contributed by atoms with E-state index in [1.807, 2.05) is 66.9 Å². The summed E-state index contributed by atoms with van der Waals surface area (Å²) < 4.78 is 8.16. The van der Waals surface area contributed by atoms with Crippen molar-refractivity contribution >= 4 is 43.8 Å². The molecular formula is C21H18BrN3O2S. The summed E-state index contributed by atoms with van der Waals surface area (Å²) in [5.41, 5.74) is 4.56. The number of nitrogens with zero attached hydrogens (tertiary/aromatic N) is 2. The van der Waals surface area contributed by atoms with E-state index >= 15 is 0 Å². The molecule has 4 aromatic rings. The normalized spacial score (nSPS) is 11.0. The lowest BCUT2D eigenvalue weighted by Gasteiger charge is -2.08. The number of aromatic nitrogens is 2. The third kappa shape index (κ3) is 3.43. The number of aryl methyl sites for hydroxylation is 2. The van der Waals surface area contributed by atoms with Crippen LogP contribution in [0.4, 0.5) is 5.69 Å². The van der Waals surface area contributed by atoms with Gasteiger partial charge in [-0.3, -0.25) is 9.20 Å². The van der Waals surface area contributed by atoms with Gasteiger partial charge in [0.1, 0.15) is 10.6 Å². The molecule has 5 nitrogen and oxygen atoms in total. The van der Waals surface area contributed by atoms with Gasteiger partial charge in [-0.25, -0.2) is 4.98 Å². The molecule has 4 rings (SSSR count). The molecule has 0 fully saturated rings. The maximum absolute atomic E-state index is 12.8. The molecule has 0 saturated heterocycles. The van der Waals surface area contributed by atoms with Gasteiger partial charge in [0.05, 0.1) is 12.8 Å². The summed E-state index contributed by atoms with van der Waals surface area (Å²) in [7, 11) is 1.65. The number of carbonyl (C=O) groups excluding carboxylic acids is 1. The number of methoxy groups -OCH3 is 1. The van der Waals surface area contributed by atoms with Gasteiger partial charge < -0.3 is 10.1 Å². The first-order valence-electron chi connectivity index (χ1n) is 8.66. The van der Waals surface area contributed by atoms with Gasteiger partial charge in [-0.05, 0) is 61.9 Å². The number of thiazole rings is 1. The van der Waals surface area contributed by atoms with Gasteiger partial charge in [0.15, 0.2) is 4.96 Å². The zero-order valence-corrected chi connectivity index (χ0v) is 18.0. The first-order chi connectivity index (χ1) is 13.5. The van der Waals surface area contributed by atoms with E-state index in [-0.39, 0.29) is 5.91 Å². The monoisotopic (exact) mass is 455 g/mol. The Labute approximate surface area is 175 Å². The van der Waals surface area contributed by atoms with E-state index in [2.05, 4.69) is 21.2 Å². The molecule has 142 valence electrons. The summed E-state index contributed by atoms with van der Waals surface area (Å²) in [4.78, 5) is 18.9. The Morgan fingerprint density at radius 2 is 1.93 bits per heavy atom. The second-order valence-corrected chi connectivity index (χ2v) is 8.33. The predicted molar refractivity (Wildman–Crippen MR) is 117 cm³/mol. The summed E-state index contributed by atoms with van der Waals surface area (Å²) >= 11 is 4.83. The molecule has 0 aliphatic heterocycles. The molecule has 0 spiro atoms. The quantitative estimate of drug-likeness (QED) is 0.429. The van der Waals surface area contributed by atoms with Crippen LogP contribution in [0.1, 0.15) is 20.9 Å². The summed E-state index contributed by atoms with van der Waals surface area (Å²) in [6.07, 6.45) is 1.96. The van der Waals surface area contributed by atoms with Crippen molar-refractivity contribution in [3.63, 3.8) is 0 Å². The average molecular weight is 456 g/mol. The fourth-order valence-corrected chi connectivity index (χ4v) is 4.49. The first-order valence-corrected chi connectivity index (χ1v) is 10.3. The van der Waals surface area contributed by atoms with Crippen LogP contribution < -0.4 is 10.1 Å². The highest BCUT2D eigenvalue weighted by atomic mass is 79.9. The van der Waals surface area contributed by atoms with Gasteiger partial charge in [-0.15, -0.1) is 0 Å². The lowest BCUT2D eigenvalue weighted by molar-refractivity contribution is 0.102. The second kappa shape index (κ2) is 7.41. The van der Waals surface area contributed by atoms with Gasteiger partial charge in [-0.1, -0.05) is 27.3 Å². The van der Waals surface area contributed by atoms with E-state index < -0.39 is 0 Å². The third-order valence-electron chi connectivity index (χ3n) is 4.59. The van der Waals surface area contributed by atoms with Gasteiger partial charge in [0.25, 0.3) is 5.91 Å². The summed E-state index contributed by atoms with van der Waals surface area (Å²) in [6, 6.07) is 13.6. The third-order valence-corrected chi connectivity index (χ3v) is 6.23. The molecule has 0 aliphatic carbocycles. The minimum atomic E-state index is -0.121. The maximum Gasteiger partial charge on any atom is 0.267 e. The highest BCUT2D eigenvalue weighted by Crippen LogP contribution is 2.29. The topological polar surface area (TPSA) is 55.6 Å². The minimum Gasteiger partial charge on any atom is -0.497 e. The SMILES string of the molecule is COc1ccc(-c2cn3c(C)c(C(=O)Nc4ccc(Br)cc4C)sc3n2)cc1. The Hall–Kier alpha value is -2.64. The van der Waals surface area contributed by atoms with E-state index in [1.165, 1.54) is 11.3 Å². The Morgan fingerprint density at radius 1 is 1.18 bits per heavy atom. The number of fused-ring (bicyclic) bond motifs is 1. The molecule has 1 N–H and O–H groups in total. The van der Waals surface area contributed by atoms with E-state index in [4.69, 9.17) is 9.72 Å². The van der Waals surface area contributed by atoms with E-state index in [1.54, 1.807) is 7.11 Å². The molecule has 0 bridgehead atoms. The van der Waals surface area contributed by atoms with Crippen molar-refractivity contribution in [2.75, 3.05) is 12.4 Å². The predicted octanol–water partition coefficient (Wildman–Crippen LogP) is 5.70. The smallest absolute Gasteiger partial charge is 0.267 e. The molecule has 1 amide bonds. The highest BCUT2D eigenvalue weighted by Gasteiger charge is 2.19. The Morgan fingerprint density at radius 3 is 2.57 bits per heavy atom. The number of hydrogen-bond acceptors (Lipinski definition) is 4. The zero-order chi connectivity index (χ0) is 19.8. The van der Waals surface area contributed by atoms with Crippen LogP contribution in [0.25, 0.3) is 16.2 Å². The molecule has 0 aliphatic rings. The van der Waals surface area contributed by atoms with Crippen molar-refractivity contribution in [3.05, 3.63) is 69.3 Å². The van der Waals surface area contributed by atoms with Crippen molar-refractivity contribution < 1.29 is 9.53 Å². The summed E-state index contributed by atoms with van der Waals surface area (Å²) in [5.74, 6) is 0.688. The molecule has 28 heavy (non-hydrogen) atoms. The Kier molecular flexibility index (Phi) is 4.95. The molecule has 0 saturated carbocycles. The number of imidazole rings is 1. The Bertz CT molecular complexity index is 1180. The number of halogens is 1. The van der Waals surface area contributed by atoms with E-state index in [9.17, 15) is 4.79 Å². The zero-order valence-electron chi connectivity index (χ0n) is 15.6. The standard InChI is InChI=1S/C21H18BrN3O2S/c1-12-10-15(22)6-9-17(12)23-20(26)19-13(2)25-11-18(24-21(25)28-19)14-4-7-16(27-3)8-5-14/h4-11H,1-3H3,(H,23,26). The largest absolute Gasteiger partial charge is 0.497 e. The number of anilines is 1. The number of nitrogens with one attached hydrogen (secondary N) is 1. The number of hydrogen-bond donors (Lipinski definition) is 1.